The molecule has 0 N–H and O–H groups in total. The number of pyridine rings is 2. The summed E-state index contributed by atoms with van der Waals surface area (Å²) in [6.45, 7) is 16.4. The summed E-state index contributed by atoms with van der Waals surface area (Å²) in [5, 5.41) is 1.37. The number of nitrogens with zero attached hydrogens (tertiary/aromatic N) is 6. The van der Waals surface area contributed by atoms with E-state index in [1.807, 2.05) is 24.5 Å². The highest BCUT2D eigenvalue weighted by atomic mass is 28.4. The molecule has 1 spiro atoms. The lowest BCUT2D eigenvalue weighted by atomic mass is 9.77. The molecular formula is C31H44N6OSi. The molecule has 1 saturated carbocycles. The minimum atomic E-state index is -1.70. The maximum absolute atomic E-state index is 6.82. The maximum Gasteiger partial charge on any atom is 0.192 e. The molecule has 0 amide bonds. The summed E-state index contributed by atoms with van der Waals surface area (Å²) in [7, 11) is -1.70. The average Bonchev–Trinajstić information content (AvgIpc) is 3.55. The molecular weight excluding hydrogens is 500 g/mol. The third-order valence-electron chi connectivity index (χ3n) is 10.1. The van der Waals surface area contributed by atoms with Gasteiger partial charge in [0.1, 0.15) is 5.82 Å². The Hall–Kier alpha value is -2.42. The smallest absolute Gasteiger partial charge is 0.192 e. The van der Waals surface area contributed by atoms with Crippen LogP contribution in [-0.4, -0.2) is 71.5 Å². The molecule has 0 radical (unpaired) electrons. The van der Waals surface area contributed by atoms with Crippen molar-refractivity contribution in [1.29, 1.82) is 0 Å². The summed E-state index contributed by atoms with van der Waals surface area (Å²) in [4.78, 5) is 23.7. The molecule has 0 bridgehead atoms. The molecule has 5 heterocycles. The SMILES string of the molecule is CC(C)(C)[Si](C)(C)OC1CC[C@@H](N2CCC3(CCN(c4nc(-c5ccncc5)nc5cnccc45)CC3)C2)C1. The minimum Gasteiger partial charge on any atom is -0.414 e. The van der Waals surface area contributed by atoms with E-state index in [9.17, 15) is 0 Å². The van der Waals surface area contributed by atoms with Gasteiger partial charge in [0.25, 0.3) is 0 Å². The van der Waals surface area contributed by atoms with Gasteiger partial charge in [0.2, 0.25) is 0 Å². The lowest BCUT2D eigenvalue weighted by Gasteiger charge is -2.41. The number of hydrogen-bond acceptors (Lipinski definition) is 7. The van der Waals surface area contributed by atoms with E-state index in [4.69, 9.17) is 14.4 Å². The molecule has 0 aromatic carbocycles. The Morgan fingerprint density at radius 3 is 2.38 bits per heavy atom. The van der Waals surface area contributed by atoms with E-state index in [0.29, 0.717) is 17.6 Å². The summed E-state index contributed by atoms with van der Waals surface area (Å²) in [5.74, 6) is 1.79. The Morgan fingerprint density at radius 2 is 1.64 bits per heavy atom. The van der Waals surface area contributed by atoms with Gasteiger partial charge in [0.15, 0.2) is 14.1 Å². The number of hydrogen-bond donors (Lipinski definition) is 0. The van der Waals surface area contributed by atoms with Crippen LogP contribution in [0.4, 0.5) is 5.82 Å². The first kappa shape index (κ1) is 26.8. The summed E-state index contributed by atoms with van der Waals surface area (Å²) < 4.78 is 6.82. The van der Waals surface area contributed by atoms with Crippen LogP contribution in [0.5, 0.6) is 0 Å². The number of rotatable bonds is 5. The Kier molecular flexibility index (Phi) is 7.00. The zero-order valence-corrected chi connectivity index (χ0v) is 25.4. The Morgan fingerprint density at radius 1 is 0.923 bits per heavy atom. The third-order valence-corrected chi connectivity index (χ3v) is 14.7. The molecule has 7 nitrogen and oxygen atoms in total. The third kappa shape index (κ3) is 5.35. The normalized spacial score (nSPS) is 24.2. The van der Waals surface area contributed by atoms with Gasteiger partial charge in [-0.15, -0.1) is 0 Å². The fourth-order valence-electron chi connectivity index (χ4n) is 6.67. The molecule has 8 heteroatoms. The van der Waals surface area contributed by atoms with E-state index in [-0.39, 0.29) is 5.04 Å². The summed E-state index contributed by atoms with van der Waals surface area (Å²) in [6.07, 6.45) is 15.3. The fourth-order valence-corrected chi connectivity index (χ4v) is 8.07. The van der Waals surface area contributed by atoms with Crippen LogP contribution in [0, 0.1) is 5.41 Å². The topological polar surface area (TPSA) is 67.3 Å². The number of aromatic nitrogens is 4. The van der Waals surface area contributed by atoms with E-state index in [1.54, 1.807) is 12.4 Å². The van der Waals surface area contributed by atoms with Gasteiger partial charge in [0, 0.05) is 61.3 Å². The zero-order chi connectivity index (χ0) is 27.3. The lowest BCUT2D eigenvalue weighted by molar-refractivity contribution is 0.152. The van der Waals surface area contributed by atoms with Crippen molar-refractivity contribution in [2.24, 2.45) is 5.41 Å². The molecule has 3 aromatic heterocycles. The van der Waals surface area contributed by atoms with Crippen molar-refractivity contribution in [3.8, 4) is 11.4 Å². The molecule has 208 valence electrons. The van der Waals surface area contributed by atoms with Crippen molar-refractivity contribution < 1.29 is 4.43 Å². The van der Waals surface area contributed by atoms with Gasteiger partial charge in [-0.25, -0.2) is 9.97 Å². The summed E-state index contributed by atoms with van der Waals surface area (Å²) >= 11 is 0. The number of fused-ring (bicyclic) bond motifs is 1. The zero-order valence-electron chi connectivity index (χ0n) is 24.4. The fraction of sp³-hybridized carbons (Fsp3) is 0.613. The molecule has 39 heavy (non-hydrogen) atoms. The van der Waals surface area contributed by atoms with Gasteiger partial charge in [0.05, 0.1) is 11.7 Å². The van der Waals surface area contributed by atoms with Crippen LogP contribution in [0.3, 0.4) is 0 Å². The van der Waals surface area contributed by atoms with Crippen LogP contribution >= 0.6 is 0 Å². The quantitative estimate of drug-likeness (QED) is 0.348. The highest BCUT2D eigenvalue weighted by Crippen LogP contribution is 2.45. The largest absolute Gasteiger partial charge is 0.414 e. The number of piperidine rings is 1. The standard InChI is InChI=1S/C31H44N6OSi/c1-30(2,3)39(4,5)38-25-7-6-24(20-25)37-19-13-31(22-37)11-17-36(18-12-31)29-26-10-16-33-21-27(26)34-28(35-29)23-8-14-32-15-9-23/h8-10,14-16,21,24-25H,6-7,11-13,17-20,22H2,1-5H3/t24-,25?/m1/s1. The second kappa shape index (κ2) is 10.2. The molecule has 6 rings (SSSR count). The molecule has 2 aliphatic heterocycles. The second-order valence-electron chi connectivity index (χ2n) is 13.7. The lowest BCUT2D eigenvalue weighted by Crippen LogP contribution is -2.44. The summed E-state index contributed by atoms with van der Waals surface area (Å²) in [5.41, 5.74) is 2.33. The molecule has 2 atom stereocenters. The van der Waals surface area contributed by atoms with Gasteiger partial charge in [-0.2, -0.15) is 0 Å². The van der Waals surface area contributed by atoms with Gasteiger partial charge >= 0.3 is 0 Å². The molecule has 1 unspecified atom stereocenters. The van der Waals surface area contributed by atoms with Crippen LogP contribution < -0.4 is 4.90 Å². The highest BCUT2D eigenvalue weighted by Gasteiger charge is 2.46. The second-order valence-corrected chi connectivity index (χ2v) is 18.4. The van der Waals surface area contributed by atoms with E-state index in [2.05, 4.69) is 59.7 Å². The Balaban J connectivity index is 1.12. The van der Waals surface area contributed by atoms with Crippen molar-refractivity contribution in [2.45, 2.75) is 89.6 Å². The molecule has 3 aliphatic rings. The monoisotopic (exact) mass is 544 g/mol. The van der Waals surface area contributed by atoms with Crippen LogP contribution in [0.1, 0.15) is 59.3 Å². The van der Waals surface area contributed by atoms with Crippen molar-refractivity contribution in [1.82, 2.24) is 24.8 Å². The number of anilines is 1. The van der Waals surface area contributed by atoms with Crippen LogP contribution in [0.2, 0.25) is 18.1 Å². The van der Waals surface area contributed by atoms with Crippen LogP contribution in [-0.2, 0) is 4.43 Å². The van der Waals surface area contributed by atoms with Crippen LogP contribution in [0.15, 0.2) is 43.0 Å². The molecule has 2 saturated heterocycles. The first-order valence-corrected chi connectivity index (χ1v) is 17.7. The number of likely N-dealkylation sites (tertiary alicyclic amines) is 1. The Bertz CT molecular complexity index is 1300. The predicted molar refractivity (Wildman–Crippen MR) is 160 cm³/mol. The molecule has 1 aliphatic carbocycles. The van der Waals surface area contributed by atoms with Gasteiger partial charge < -0.3 is 9.33 Å². The minimum absolute atomic E-state index is 0.279. The average molecular weight is 545 g/mol. The molecule has 3 fully saturated rings. The first-order chi connectivity index (χ1) is 18.6. The van der Waals surface area contributed by atoms with Crippen LogP contribution in [0.25, 0.3) is 22.3 Å². The summed E-state index contributed by atoms with van der Waals surface area (Å²) in [6, 6.07) is 6.71. The van der Waals surface area contributed by atoms with Gasteiger partial charge in [-0.05, 0) is 86.8 Å². The van der Waals surface area contributed by atoms with E-state index >= 15 is 0 Å². The van der Waals surface area contributed by atoms with E-state index in [1.165, 1.54) is 51.6 Å². The predicted octanol–water partition coefficient (Wildman–Crippen LogP) is 6.32. The Labute approximate surface area is 234 Å². The van der Waals surface area contributed by atoms with Gasteiger partial charge in [-0.3, -0.25) is 14.9 Å². The van der Waals surface area contributed by atoms with Crippen molar-refractivity contribution in [3.05, 3.63) is 43.0 Å². The van der Waals surface area contributed by atoms with E-state index < -0.39 is 8.32 Å². The molecule has 3 aromatic rings. The van der Waals surface area contributed by atoms with Crippen molar-refractivity contribution in [2.75, 3.05) is 31.1 Å². The van der Waals surface area contributed by atoms with Gasteiger partial charge in [-0.1, -0.05) is 20.8 Å². The van der Waals surface area contributed by atoms with Crippen molar-refractivity contribution >= 4 is 25.0 Å². The maximum atomic E-state index is 6.82. The van der Waals surface area contributed by atoms with Crippen molar-refractivity contribution in [3.63, 3.8) is 0 Å². The van der Waals surface area contributed by atoms with E-state index in [0.717, 1.165) is 41.2 Å². The highest BCUT2D eigenvalue weighted by molar-refractivity contribution is 6.74. The first-order valence-electron chi connectivity index (χ1n) is 14.8.